The summed E-state index contributed by atoms with van der Waals surface area (Å²) in [4.78, 5) is 4.25. The molecule has 7 rings (SSSR count). The van der Waals surface area contributed by atoms with Gasteiger partial charge in [0.15, 0.2) is 5.82 Å². The highest BCUT2D eigenvalue weighted by Crippen LogP contribution is 2.49. The molecule has 1 saturated carbocycles. The highest BCUT2D eigenvalue weighted by atomic mass is 19.3. The van der Waals surface area contributed by atoms with Crippen LogP contribution in [0.5, 0.6) is 0 Å². The molecule has 1 aliphatic heterocycles. The van der Waals surface area contributed by atoms with Gasteiger partial charge in [-0.2, -0.15) is 15.3 Å². The monoisotopic (exact) mass is 490 g/mol. The van der Waals surface area contributed by atoms with Crippen molar-refractivity contribution in [3.05, 3.63) is 49.1 Å². The predicted molar refractivity (Wildman–Crippen MR) is 129 cm³/mol. The maximum Gasteiger partial charge on any atom is 0.253 e. The number of rotatable bonds is 5. The molecule has 4 aromatic heterocycles. The smallest absolute Gasteiger partial charge is 0.253 e. The first kappa shape index (κ1) is 21.4. The number of nitrogens with two attached hydrogens (primary N) is 1. The van der Waals surface area contributed by atoms with Crippen molar-refractivity contribution in [3.8, 4) is 22.5 Å². The fourth-order valence-corrected chi connectivity index (χ4v) is 5.27. The number of ether oxygens (including phenoxy) is 1. The van der Waals surface area contributed by atoms with Gasteiger partial charge in [0, 0.05) is 48.3 Å². The number of fused-ring (bicyclic) bond motifs is 2. The van der Waals surface area contributed by atoms with Crippen LogP contribution >= 0.6 is 0 Å². The van der Waals surface area contributed by atoms with Gasteiger partial charge in [-0.3, -0.25) is 9.36 Å². The second kappa shape index (κ2) is 7.82. The maximum absolute atomic E-state index is 13.6. The number of benzene rings is 1. The van der Waals surface area contributed by atoms with Gasteiger partial charge in [0.1, 0.15) is 11.8 Å². The van der Waals surface area contributed by atoms with E-state index in [9.17, 15) is 8.78 Å². The Morgan fingerprint density at radius 1 is 1.06 bits per heavy atom. The van der Waals surface area contributed by atoms with Crippen LogP contribution in [0, 0.1) is 5.92 Å². The van der Waals surface area contributed by atoms with E-state index in [0.29, 0.717) is 24.5 Å². The van der Waals surface area contributed by atoms with Crippen LogP contribution in [-0.4, -0.2) is 53.3 Å². The Morgan fingerprint density at radius 3 is 2.69 bits per heavy atom. The number of hydrogen-bond donors (Lipinski definition) is 1. The lowest BCUT2D eigenvalue weighted by atomic mass is 10.1. The van der Waals surface area contributed by atoms with E-state index < -0.39 is 11.8 Å². The third-order valence-electron chi connectivity index (χ3n) is 7.36. The number of nitrogen functional groups attached to an aromatic ring is 1. The number of nitrogens with zero attached hydrogens (tertiary/aromatic N) is 7. The molecule has 0 spiro atoms. The number of anilines is 1. The average molecular weight is 491 g/mol. The number of halogens is 2. The Labute approximate surface area is 204 Å². The van der Waals surface area contributed by atoms with E-state index in [0.717, 1.165) is 46.3 Å². The fraction of sp³-hybridized carbons (Fsp3) is 0.360. The Hall–Kier alpha value is -3.86. The van der Waals surface area contributed by atoms with Crippen molar-refractivity contribution >= 4 is 22.2 Å². The van der Waals surface area contributed by atoms with Crippen LogP contribution in [-0.2, 0) is 11.3 Å². The standard InChI is InChI=1S/C25H24F2N8O/c26-25(27)11-17(25)13-33-21-9-15(1-2-16(21)12-31-33)22-10-19(23-24(28)29-14-32-35(22)23)20-3-6-30-34(20)18-4-7-36-8-5-18/h1-3,6,9-10,12,14,17-18H,4-5,7-8,11,13H2,(H2,28,29,32). The topological polar surface area (TPSA) is 101 Å². The van der Waals surface area contributed by atoms with Gasteiger partial charge in [0.25, 0.3) is 5.92 Å². The van der Waals surface area contributed by atoms with E-state index in [1.165, 1.54) is 6.33 Å². The molecule has 9 nitrogen and oxygen atoms in total. The minimum absolute atomic E-state index is 0.0856. The first-order valence-corrected chi connectivity index (χ1v) is 12.1. The zero-order valence-corrected chi connectivity index (χ0v) is 19.4. The summed E-state index contributed by atoms with van der Waals surface area (Å²) in [6, 6.07) is 10.2. The van der Waals surface area contributed by atoms with Gasteiger partial charge in [-0.05, 0) is 31.0 Å². The van der Waals surface area contributed by atoms with E-state index in [2.05, 4.69) is 20.3 Å². The molecule has 0 radical (unpaired) electrons. The van der Waals surface area contributed by atoms with Crippen molar-refractivity contribution in [2.45, 2.75) is 37.8 Å². The maximum atomic E-state index is 13.6. The largest absolute Gasteiger partial charge is 0.382 e. The first-order valence-electron chi connectivity index (χ1n) is 12.1. The summed E-state index contributed by atoms with van der Waals surface area (Å²) in [5, 5.41) is 14.4. The zero-order chi connectivity index (χ0) is 24.4. The van der Waals surface area contributed by atoms with Crippen LogP contribution < -0.4 is 5.73 Å². The van der Waals surface area contributed by atoms with Crippen molar-refractivity contribution in [1.29, 1.82) is 0 Å². The molecule has 5 heterocycles. The molecule has 1 unspecified atom stereocenters. The molecule has 0 bridgehead atoms. The van der Waals surface area contributed by atoms with Crippen molar-refractivity contribution in [1.82, 2.24) is 34.2 Å². The van der Waals surface area contributed by atoms with Crippen molar-refractivity contribution < 1.29 is 13.5 Å². The third-order valence-corrected chi connectivity index (χ3v) is 7.36. The quantitative estimate of drug-likeness (QED) is 0.396. The van der Waals surface area contributed by atoms with Gasteiger partial charge < -0.3 is 10.5 Å². The number of hydrogen-bond acceptors (Lipinski definition) is 6. The summed E-state index contributed by atoms with van der Waals surface area (Å²) >= 11 is 0. The van der Waals surface area contributed by atoms with Crippen LogP contribution in [0.1, 0.15) is 25.3 Å². The number of alkyl halides is 2. The van der Waals surface area contributed by atoms with Crippen LogP contribution in [0.25, 0.3) is 38.9 Å². The number of aromatic nitrogens is 7. The summed E-state index contributed by atoms with van der Waals surface area (Å²) in [5.41, 5.74) is 11.4. The Bertz CT molecular complexity index is 1600. The lowest BCUT2D eigenvalue weighted by molar-refractivity contribution is 0.0667. The zero-order valence-electron chi connectivity index (χ0n) is 19.4. The molecule has 1 atom stereocenters. The fourth-order valence-electron chi connectivity index (χ4n) is 5.27. The molecule has 2 N–H and O–H groups in total. The second-order valence-electron chi connectivity index (χ2n) is 9.62. The van der Waals surface area contributed by atoms with Crippen LogP contribution in [0.3, 0.4) is 0 Å². The summed E-state index contributed by atoms with van der Waals surface area (Å²) in [5.74, 6) is -2.89. The van der Waals surface area contributed by atoms with Gasteiger partial charge in [0.05, 0.1) is 35.7 Å². The third kappa shape index (κ3) is 3.37. The lowest BCUT2D eigenvalue weighted by Crippen LogP contribution is -2.21. The molecular weight excluding hydrogens is 466 g/mol. The van der Waals surface area contributed by atoms with Crippen LogP contribution in [0.2, 0.25) is 0 Å². The summed E-state index contributed by atoms with van der Waals surface area (Å²) in [7, 11) is 0. The normalized spacial score (nSPS) is 19.9. The molecule has 2 aliphatic rings. The van der Waals surface area contributed by atoms with E-state index in [-0.39, 0.29) is 19.0 Å². The van der Waals surface area contributed by atoms with E-state index >= 15 is 0 Å². The molecule has 1 saturated heterocycles. The highest BCUT2D eigenvalue weighted by Gasteiger charge is 2.56. The predicted octanol–water partition coefficient (Wildman–Crippen LogP) is 4.20. The Morgan fingerprint density at radius 2 is 1.89 bits per heavy atom. The highest BCUT2D eigenvalue weighted by molar-refractivity contribution is 5.92. The minimum atomic E-state index is -2.59. The molecule has 5 aromatic rings. The minimum Gasteiger partial charge on any atom is -0.382 e. The Kier molecular flexibility index (Phi) is 4.65. The summed E-state index contributed by atoms with van der Waals surface area (Å²) in [6.45, 7) is 1.61. The van der Waals surface area contributed by atoms with Gasteiger partial charge in [-0.1, -0.05) is 12.1 Å². The first-order chi connectivity index (χ1) is 17.5. The second-order valence-corrected chi connectivity index (χ2v) is 9.62. The van der Waals surface area contributed by atoms with Crippen molar-refractivity contribution in [2.24, 2.45) is 5.92 Å². The molecule has 2 fully saturated rings. The van der Waals surface area contributed by atoms with Crippen molar-refractivity contribution in [2.75, 3.05) is 18.9 Å². The van der Waals surface area contributed by atoms with E-state index in [4.69, 9.17) is 10.5 Å². The van der Waals surface area contributed by atoms with Gasteiger partial charge in [-0.25, -0.2) is 18.3 Å². The Balaban J connectivity index is 1.36. The van der Waals surface area contributed by atoms with Crippen LogP contribution in [0.4, 0.5) is 14.6 Å². The summed E-state index contributed by atoms with van der Waals surface area (Å²) < 4.78 is 38.2. The molecular formula is C25H24F2N8O. The average Bonchev–Trinajstić information content (AvgIpc) is 3.34. The molecule has 1 aromatic carbocycles. The van der Waals surface area contributed by atoms with E-state index in [1.807, 2.05) is 35.0 Å². The molecule has 1 aliphatic carbocycles. The molecule has 0 amide bonds. The van der Waals surface area contributed by atoms with Gasteiger partial charge in [-0.15, -0.1) is 0 Å². The lowest BCUT2D eigenvalue weighted by Gasteiger charge is -2.24. The molecule has 36 heavy (non-hydrogen) atoms. The van der Waals surface area contributed by atoms with Crippen LogP contribution in [0.15, 0.2) is 49.1 Å². The van der Waals surface area contributed by atoms with E-state index in [1.54, 1.807) is 21.6 Å². The SMILES string of the molecule is Nc1ncnn2c(-c3ccc4cnn(CC5CC5(F)F)c4c3)cc(-c3ccnn3C3CCOCC3)c12. The van der Waals surface area contributed by atoms with Crippen molar-refractivity contribution in [3.63, 3.8) is 0 Å². The van der Waals surface area contributed by atoms with Gasteiger partial charge in [0.2, 0.25) is 0 Å². The van der Waals surface area contributed by atoms with Gasteiger partial charge >= 0.3 is 0 Å². The molecule has 184 valence electrons. The summed E-state index contributed by atoms with van der Waals surface area (Å²) in [6.07, 6.45) is 6.64. The molecule has 11 heteroatoms.